The van der Waals surface area contributed by atoms with Crippen LogP contribution in [-0.4, -0.2) is 54.2 Å². The van der Waals surface area contributed by atoms with Gasteiger partial charge in [-0.3, -0.25) is 10.1 Å². The number of methoxy groups -OCH3 is 2. The number of hydrogen-bond acceptors (Lipinski definition) is 5. The van der Waals surface area contributed by atoms with E-state index in [0.29, 0.717) is 30.3 Å². The first-order valence-electron chi connectivity index (χ1n) is 10.8. The molecular formula is C24H32N4O3. The van der Waals surface area contributed by atoms with E-state index in [1.807, 2.05) is 42.5 Å². The third-order valence-electron chi connectivity index (χ3n) is 5.49. The quantitative estimate of drug-likeness (QED) is 0.504. The molecule has 7 nitrogen and oxygen atoms in total. The van der Waals surface area contributed by atoms with E-state index in [0.717, 1.165) is 42.8 Å². The Bertz CT molecular complexity index is 989. The number of fused-ring (bicyclic) bond motifs is 1. The Morgan fingerprint density at radius 3 is 2.39 bits per heavy atom. The maximum atomic E-state index is 12.7. The van der Waals surface area contributed by atoms with Crippen molar-refractivity contribution in [2.75, 3.05) is 39.2 Å². The molecule has 1 heterocycles. The Morgan fingerprint density at radius 2 is 1.74 bits per heavy atom. The fourth-order valence-electron chi connectivity index (χ4n) is 3.63. The van der Waals surface area contributed by atoms with E-state index in [-0.39, 0.29) is 5.91 Å². The molecule has 0 fully saturated rings. The number of carbonyl (C=O) groups excluding carboxylic acids is 1. The molecule has 0 saturated carbocycles. The summed E-state index contributed by atoms with van der Waals surface area (Å²) in [7, 11) is 3.24. The van der Waals surface area contributed by atoms with Crippen LogP contribution in [0.2, 0.25) is 0 Å². The molecule has 3 rings (SSSR count). The standard InChI is InChI=1S/C24H32N4O3/c1-5-27(6-2)13-14-28-22-10-8-7-9-21(22)25-24(28)26-23(29)12-11-18-15-19(30-3)17-20(16-18)31-4/h7-10,15-17H,5-6,11-14H2,1-4H3,(H,25,26,29). The fourth-order valence-corrected chi connectivity index (χ4v) is 3.63. The van der Waals surface area contributed by atoms with Crippen LogP contribution in [-0.2, 0) is 17.8 Å². The summed E-state index contributed by atoms with van der Waals surface area (Å²) in [6, 6.07) is 13.7. The van der Waals surface area contributed by atoms with E-state index in [1.165, 1.54) is 0 Å². The molecule has 0 saturated heterocycles. The van der Waals surface area contributed by atoms with Crippen LogP contribution in [0.3, 0.4) is 0 Å². The summed E-state index contributed by atoms with van der Waals surface area (Å²) in [4.78, 5) is 19.8. The van der Waals surface area contributed by atoms with Crippen LogP contribution in [0.5, 0.6) is 11.5 Å². The van der Waals surface area contributed by atoms with Crippen molar-refractivity contribution < 1.29 is 14.3 Å². The van der Waals surface area contributed by atoms with Gasteiger partial charge in [0.2, 0.25) is 11.9 Å². The number of anilines is 1. The number of likely N-dealkylation sites (N-methyl/N-ethyl adjacent to an activating group) is 1. The van der Waals surface area contributed by atoms with E-state index in [4.69, 9.17) is 9.47 Å². The zero-order valence-corrected chi connectivity index (χ0v) is 18.9. The summed E-state index contributed by atoms with van der Waals surface area (Å²) in [6.07, 6.45) is 0.925. The first-order valence-corrected chi connectivity index (χ1v) is 10.8. The summed E-state index contributed by atoms with van der Waals surface area (Å²) in [5, 5.41) is 3.02. The predicted octanol–water partition coefficient (Wildman–Crippen LogP) is 3.97. The second-order valence-electron chi connectivity index (χ2n) is 7.37. The molecule has 0 bridgehead atoms. The average Bonchev–Trinajstić information content (AvgIpc) is 3.15. The van der Waals surface area contributed by atoms with Gasteiger partial charge in [-0.2, -0.15) is 0 Å². The van der Waals surface area contributed by atoms with Crippen LogP contribution in [0, 0.1) is 0 Å². The van der Waals surface area contributed by atoms with Gasteiger partial charge in [0, 0.05) is 25.6 Å². The summed E-state index contributed by atoms with van der Waals surface area (Å²) in [5.74, 6) is 1.96. The van der Waals surface area contributed by atoms with Crippen LogP contribution >= 0.6 is 0 Å². The highest BCUT2D eigenvalue weighted by Crippen LogP contribution is 2.24. The Morgan fingerprint density at radius 1 is 1.06 bits per heavy atom. The number of nitrogens with one attached hydrogen (secondary N) is 1. The second kappa shape index (κ2) is 10.8. The van der Waals surface area contributed by atoms with E-state index in [1.54, 1.807) is 14.2 Å². The molecule has 0 aliphatic heterocycles. The highest BCUT2D eigenvalue weighted by atomic mass is 16.5. The topological polar surface area (TPSA) is 68.6 Å². The maximum absolute atomic E-state index is 12.7. The predicted molar refractivity (Wildman–Crippen MR) is 124 cm³/mol. The number of ether oxygens (including phenoxy) is 2. The summed E-state index contributed by atoms with van der Waals surface area (Å²) < 4.78 is 12.7. The SMILES string of the molecule is CCN(CC)CCn1c(NC(=O)CCc2cc(OC)cc(OC)c2)nc2ccccc21. The zero-order valence-electron chi connectivity index (χ0n) is 18.9. The maximum Gasteiger partial charge on any atom is 0.227 e. The minimum atomic E-state index is -0.0683. The Labute approximate surface area is 184 Å². The highest BCUT2D eigenvalue weighted by molar-refractivity contribution is 5.91. The second-order valence-corrected chi connectivity index (χ2v) is 7.37. The van der Waals surface area contributed by atoms with Gasteiger partial charge >= 0.3 is 0 Å². The van der Waals surface area contributed by atoms with Crippen molar-refractivity contribution in [3.8, 4) is 11.5 Å². The van der Waals surface area contributed by atoms with Gasteiger partial charge in [0.25, 0.3) is 0 Å². The van der Waals surface area contributed by atoms with Gasteiger partial charge in [0.15, 0.2) is 0 Å². The molecule has 1 amide bonds. The highest BCUT2D eigenvalue weighted by Gasteiger charge is 2.14. The molecule has 7 heteroatoms. The summed E-state index contributed by atoms with van der Waals surface area (Å²) >= 11 is 0. The number of imidazole rings is 1. The lowest BCUT2D eigenvalue weighted by atomic mass is 10.1. The van der Waals surface area contributed by atoms with Crippen LogP contribution in [0.4, 0.5) is 5.95 Å². The van der Waals surface area contributed by atoms with Crippen molar-refractivity contribution >= 4 is 22.9 Å². The van der Waals surface area contributed by atoms with E-state index < -0.39 is 0 Å². The molecule has 0 atom stereocenters. The van der Waals surface area contributed by atoms with Crippen molar-refractivity contribution in [3.05, 3.63) is 48.0 Å². The Hall–Kier alpha value is -3.06. The third kappa shape index (κ3) is 5.76. The number of aryl methyl sites for hydroxylation is 1. The van der Waals surface area contributed by atoms with Gasteiger partial charge in [-0.05, 0) is 49.3 Å². The monoisotopic (exact) mass is 424 g/mol. The number of benzene rings is 2. The number of carbonyl (C=O) groups is 1. The van der Waals surface area contributed by atoms with Gasteiger partial charge in [-0.25, -0.2) is 4.98 Å². The molecule has 1 N–H and O–H groups in total. The van der Waals surface area contributed by atoms with Gasteiger partial charge in [-0.15, -0.1) is 0 Å². The van der Waals surface area contributed by atoms with Crippen LogP contribution in [0.1, 0.15) is 25.8 Å². The molecule has 0 radical (unpaired) electrons. The van der Waals surface area contributed by atoms with Crippen molar-refractivity contribution in [1.82, 2.24) is 14.5 Å². The molecule has 0 aliphatic rings. The molecule has 31 heavy (non-hydrogen) atoms. The molecule has 166 valence electrons. The van der Waals surface area contributed by atoms with E-state index in [9.17, 15) is 4.79 Å². The summed E-state index contributed by atoms with van der Waals surface area (Å²) in [6.45, 7) is 7.98. The Kier molecular flexibility index (Phi) is 7.89. The smallest absolute Gasteiger partial charge is 0.227 e. The van der Waals surface area contributed by atoms with Crippen molar-refractivity contribution in [2.24, 2.45) is 0 Å². The summed E-state index contributed by atoms with van der Waals surface area (Å²) in [5.41, 5.74) is 2.90. The molecule has 0 aliphatic carbocycles. The number of amides is 1. The van der Waals surface area contributed by atoms with Crippen LogP contribution in [0.15, 0.2) is 42.5 Å². The lowest BCUT2D eigenvalue weighted by molar-refractivity contribution is -0.116. The number of rotatable bonds is 11. The minimum Gasteiger partial charge on any atom is -0.497 e. The Balaban J connectivity index is 1.72. The molecule has 2 aromatic carbocycles. The van der Waals surface area contributed by atoms with Gasteiger partial charge < -0.3 is 18.9 Å². The van der Waals surface area contributed by atoms with Crippen molar-refractivity contribution in [1.29, 1.82) is 0 Å². The first-order chi connectivity index (χ1) is 15.1. The average molecular weight is 425 g/mol. The molecule has 3 aromatic rings. The molecule has 0 spiro atoms. The third-order valence-corrected chi connectivity index (χ3v) is 5.49. The fraction of sp³-hybridized carbons (Fsp3) is 0.417. The van der Waals surface area contributed by atoms with Crippen LogP contribution in [0.25, 0.3) is 11.0 Å². The van der Waals surface area contributed by atoms with Gasteiger partial charge in [0.1, 0.15) is 11.5 Å². The van der Waals surface area contributed by atoms with Gasteiger partial charge in [-0.1, -0.05) is 26.0 Å². The lowest BCUT2D eigenvalue weighted by Gasteiger charge is -2.19. The normalized spacial score (nSPS) is 11.1. The molecule has 1 aromatic heterocycles. The van der Waals surface area contributed by atoms with Gasteiger partial charge in [0.05, 0.1) is 25.3 Å². The number of para-hydroxylation sites is 2. The molecular weight excluding hydrogens is 392 g/mol. The number of nitrogens with zero attached hydrogens (tertiary/aromatic N) is 3. The zero-order chi connectivity index (χ0) is 22.2. The lowest BCUT2D eigenvalue weighted by Crippen LogP contribution is -2.27. The van der Waals surface area contributed by atoms with Crippen LogP contribution < -0.4 is 14.8 Å². The van der Waals surface area contributed by atoms with E-state index in [2.05, 4.69) is 33.6 Å². The number of aromatic nitrogens is 2. The van der Waals surface area contributed by atoms with E-state index >= 15 is 0 Å². The van der Waals surface area contributed by atoms with Crippen molar-refractivity contribution in [3.63, 3.8) is 0 Å². The number of hydrogen-bond donors (Lipinski definition) is 1. The van der Waals surface area contributed by atoms with Crippen molar-refractivity contribution in [2.45, 2.75) is 33.2 Å². The first kappa shape index (κ1) is 22.6. The largest absolute Gasteiger partial charge is 0.497 e. The molecule has 0 unspecified atom stereocenters. The minimum absolute atomic E-state index is 0.0683.